The minimum atomic E-state index is 0.367. The fourth-order valence-electron chi connectivity index (χ4n) is 1.57. The average Bonchev–Trinajstić information content (AvgIpc) is 2.32. The van der Waals surface area contributed by atoms with Crippen LogP contribution in [0.15, 0.2) is 66.8 Å². The van der Waals surface area contributed by atoms with Crippen LogP contribution in [0, 0.1) is 5.41 Å². The monoisotopic (exact) mass is 211 g/mol. The molecule has 2 heteroatoms. The van der Waals surface area contributed by atoms with Crippen LogP contribution in [0.4, 0.5) is 0 Å². The number of rotatable bonds is 1. The van der Waals surface area contributed by atoms with E-state index < -0.39 is 0 Å². The van der Waals surface area contributed by atoms with Crippen molar-refractivity contribution in [3.8, 4) is 0 Å². The topological polar surface area (TPSA) is 40.9 Å². The summed E-state index contributed by atoms with van der Waals surface area (Å²) in [5, 5.41) is 5.40. The SMILES string of the molecule is C=C1C=CC=CC1c1ccccc1.N=C=O. The highest BCUT2D eigenvalue weighted by Gasteiger charge is 2.10. The maximum atomic E-state index is 8.35. The van der Waals surface area contributed by atoms with Crippen LogP contribution in [0.5, 0.6) is 0 Å². The van der Waals surface area contributed by atoms with E-state index in [2.05, 4.69) is 49.1 Å². The van der Waals surface area contributed by atoms with Gasteiger partial charge in [0.25, 0.3) is 0 Å². The van der Waals surface area contributed by atoms with Crippen LogP contribution in [0.2, 0.25) is 0 Å². The Labute approximate surface area is 95.1 Å². The van der Waals surface area contributed by atoms with Crippen molar-refractivity contribution in [1.29, 1.82) is 5.41 Å². The standard InChI is InChI=1S/C13H12.CHNO/c1-11-7-5-6-10-13(11)12-8-3-2-4-9-12;2-1-3/h2-10,13H,1H2;2H. The van der Waals surface area contributed by atoms with Crippen LogP contribution in [0.25, 0.3) is 0 Å². The van der Waals surface area contributed by atoms with Crippen molar-refractivity contribution in [3.63, 3.8) is 0 Å². The highest BCUT2D eigenvalue weighted by molar-refractivity contribution is 5.42. The fourth-order valence-corrected chi connectivity index (χ4v) is 1.57. The van der Waals surface area contributed by atoms with E-state index in [-0.39, 0.29) is 0 Å². The van der Waals surface area contributed by atoms with Crippen molar-refractivity contribution in [2.75, 3.05) is 0 Å². The molecule has 0 spiro atoms. The Hall–Kier alpha value is -2.18. The second-order valence-electron chi connectivity index (χ2n) is 3.31. The van der Waals surface area contributed by atoms with Gasteiger partial charge < -0.3 is 0 Å². The van der Waals surface area contributed by atoms with E-state index in [1.165, 1.54) is 5.56 Å². The third-order valence-electron chi connectivity index (χ3n) is 2.28. The Kier molecular flexibility index (Phi) is 4.71. The molecule has 80 valence electrons. The van der Waals surface area contributed by atoms with E-state index in [0.717, 1.165) is 11.7 Å². The molecule has 0 bridgehead atoms. The number of nitrogens with one attached hydrogen (secondary N) is 1. The van der Waals surface area contributed by atoms with Gasteiger partial charge in [-0.15, -0.1) is 0 Å². The van der Waals surface area contributed by atoms with E-state index in [1.54, 1.807) is 0 Å². The van der Waals surface area contributed by atoms with Crippen molar-refractivity contribution in [2.24, 2.45) is 0 Å². The van der Waals surface area contributed by atoms with Gasteiger partial charge >= 0.3 is 0 Å². The van der Waals surface area contributed by atoms with E-state index >= 15 is 0 Å². The zero-order chi connectivity index (χ0) is 11.8. The molecule has 1 N–H and O–H groups in total. The first-order chi connectivity index (χ1) is 7.79. The summed E-state index contributed by atoms with van der Waals surface area (Å²) in [6.45, 7) is 4.03. The van der Waals surface area contributed by atoms with Crippen molar-refractivity contribution < 1.29 is 4.79 Å². The lowest BCUT2D eigenvalue weighted by molar-refractivity contribution is 0.563. The fraction of sp³-hybridized carbons (Fsp3) is 0.0714. The van der Waals surface area contributed by atoms with Crippen LogP contribution in [0.1, 0.15) is 11.5 Å². The molecule has 16 heavy (non-hydrogen) atoms. The van der Waals surface area contributed by atoms with Gasteiger partial charge in [0.2, 0.25) is 6.08 Å². The van der Waals surface area contributed by atoms with Gasteiger partial charge in [0, 0.05) is 5.92 Å². The molecular weight excluding hydrogens is 198 g/mol. The maximum absolute atomic E-state index is 8.35. The molecule has 1 aromatic carbocycles. The smallest absolute Gasteiger partial charge is 0.222 e. The summed E-state index contributed by atoms with van der Waals surface area (Å²) >= 11 is 0. The second kappa shape index (κ2) is 6.33. The van der Waals surface area contributed by atoms with Gasteiger partial charge in [-0.2, -0.15) is 0 Å². The first-order valence-electron chi connectivity index (χ1n) is 4.92. The molecule has 0 aliphatic heterocycles. The van der Waals surface area contributed by atoms with Crippen LogP contribution < -0.4 is 0 Å². The largest absolute Gasteiger partial charge is 0.231 e. The van der Waals surface area contributed by atoms with E-state index in [9.17, 15) is 0 Å². The van der Waals surface area contributed by atoms with Crippen LogP contribution in [0.3, 0.4) is 0 Å². The van der Waals surface area contributed by atoms with Crippen molar-refractivity contribution >= 4 is 6.08 Å². The minimum Gasteiger partial charge on any atom is -0.222 e. The second-order valence-corrected chi connectivity index (χ2v) is 3.31. The molecule has 1 aromatic rings. The molecule has 0 aromatic heterocycles. The number of allylic oxidation sites excluding steroid dienone is 5. The minimum absolute atomic E-state index is 0.367. The number of isocyanates is 1. The van der Waals surface area contributed by atoms with Gasteiger partial charge in [-0.1, -0.05) is 61.2 Å². The molecule has 0 heterocycles. The van der Waals surface area contributed by atoms with Gasteiger partial charge in [0.05, 0.1) is 0 Å². The Morgan fingerprint density at radius 1 is 1.19 bits per heavy atom. The molecule has 2 nitrogen and oxygen atoms in total. The first kappa shape index (κ1) is 11.9. The lowest BCUT2D eigenvalue weighted by Gasteiger charge is -2.15. The van der Waals surface area contributed by atoms with Crippen molar-refractivity contribution in [3.05, 3.63) is 72.4 Å². The normalized spacial score (nSPS) is 17.2. The summed E-state index contributed by atoms with van der Waals surface area (Å²) < 4.78 is 0. The quantitative estimate of drug-likeness (QED) is 0.561. The molecule has 0 radical (unpaired) electrons. The Morgan fingerprint density at radius 2 is 1.81 bits per heavy atom. The van der Waals surface area contributed by atoms with E-state index in [1.807, 2.05) is 12.1 Å². The molecule has 1 atom stereocenters. The number of benzene rings is 1. The zero-order valence-corrected chi connectivity index (χ0v) is 8.89. The van der Waals surface area contributed by atoms with E-state index in [0.29, 0.717) is 5.92 Å². The summed E-state index contributed by atoms with van der Waals surface area (Å²) in [4.78, 5) is 8.35. The Morgan fingerprint density at radius 3 is 2.38 bits per heavy atom. The van der Waals surface area contributed by atoms with Crippen LogP contribution in [-0.4, -0.2) is 6.08 Å². The van der Waals surface area contributed by atoms with Crippen LogP contribution >= 0.6 is 0 Å². The van der Waals surface area contributed by atoms with Crippen molar-refractivity contribution in [2.45, 2.75) is 5.92 Å². The van der Waals surface area contributed by atoms with Gasteiger partial charge in [-0.3, -0.25) is 0 Å². The van der Waals surface area contributed by atoms with Gasteiger partial charge in [0.15, 0.2) is 0 Å². The summed E-state index contributed by atoms with van der Waals surface area (Å²) in [6.07, 6.45) is 9.10. The van der Waals surface area contributed by atoms with E-state index in [4.69, 9.17) is 10.2 Å². The highest BCUT2D eigenvalue weighted by atomic mass is 16.1. The molecule has 1 unspecified atom stereocenters. The number of carbonyl (C=O) groups excluding carboxylic acids is 1. The third-order valence-corrected chi connectivity index (χ3v) is 2.28. The van der Waals surface area contributed by atoms with Crippen LogP contribution in [-0.2, 0) is 4.79 Å². The number of hydrogen-bond acceptors (Lipinski definition) is 2. The molecule has 0 saturated carbocycles. The molecular formula is C14H13NO. The molecule has 1 aliphatic rings. The lowest BCUT2D eigenvalue weighted by Crippen LogP contribution is -1.98. The number of hydrogen-bond donors (Lipinski definition) is 1. The Balaban J connectivity index is 0.000000386. The summed E-state index contributed by atoms with van der Waals surface area (Å²) in [7, 11) is 0. The predicted octanol–water partition coefficient (Wildman–Crippen LogP) is 3.35. The molecule has 0 amide bonds. The third kappa shape index (κ3) is 3.19. The van der Waals surface area contributed by atoms with Gasteiger partial charge in [-0.25, -0.2) is 10.2 Å². The molecule has 2 rings (SSSR count). The molecule has 0 fully saturated rings. The predicted molar refractivity (Wildman–Crippen MR) is 65.0 cm³/mol. The average molecular weight is 211 g/mol. The first-order valence-corrected chi connectivity index (χ1v) is 4.92. The maximum Gasteiger partial charge on any atom is 0.231 e. The van der Waals surface area contributed by atoms with Gasteiger partial charge in [0.1, 0.15) is 0 Å². The van der Waals surface area contributed by atoms with Gasteiger partial charge in [-0.05, 0) is 11.1 Å². The summed E-state index contributed by atoms with van der Waals surface area (Å²) in [5.74, 6) is 0.367. The summed E-state index contributed by atoms with van der Waals surface area (Å²) in [6, 6.07) is 10.4. The highest BCUT2D eigenvalue weighted by Crippen LogP contribution is 2.27. The summed E-state index contributed by atoms with van der Waals surface area (Å²) in [5.41, 5.74) is 2.47. The lowest BCUT2D eigenvalue weighted by atomic mass is 9.89. The zero-order valence-electron chi connectivity index (χ0n) is 8.89. The molecule has 1 aliphatic carbocycles. The van der Waals surface area contributed by atoms with Crippen molar-refractivity contribution in [1.82, 2.24) is 0 Å². The molecule has 0 saturated heterocycles. The Bertz CT molecular complexity index is 437.